The predicted molar refractivity (Wildman–Crippen MR) is 70.8 cm³/mol. The van der Waals surface area contributed by atoms with Crippen molar-refractivity contribution >= 4 is 0 Å². The molecular formula is C14H22N2O2. The highest BCUT2D eigenvalue weighted by Gasteiger charge is 2.16. The number of nitrogens with zero attached hydrogens (tertiary/aromatic N) is 1. The lowest BCUT2D eigenvalue weighted by Crippen LogP contribution is -2.26. The molecule has 0 spiro atoms. The smallest absolute Gasteiger partial charge is 0.213 e. The number of hydrogen-bond acceptors (Lipinski definition) is 4. The minimum absolute atomic E-state index is 0.255. The van der Waals surface area contributed by atoms with E-state index in [0.29, 0.717) is 0 Å². The lowest BCUT2D eigenvalue weighted by molar-refractivity contribution is 0.0237. The Balaban J connectivity index is 1.94. The van der Waals surface area contributed by atoms with Crippen LogP contribution in [0.2, 0.25) is 0 Å². The normalized spacial score (nSPS) is 16.8. The summed E-state index contributed by atoms with van der Waals surface area (Å²) in [6.45, 7) is 7.56. The van der Waals surface area contributed by atoms with Gasteiger partial charge in [-0.1, -0.05) is 13.0 Å². The third kappa shape index (κ3) is 3.68. The van der Waals surface area contributed by atoms with Crippen LogP contribution in [0.15, 0.2) is 12.1 Å². The Bertz CT molecular complexity index is 376. The molecular weight excluding hydrogens is 228 g/mol. The van der Waals surface area contributed by atoms with Crippen LogP contribution in [0, 0.1) is 6.92 Å². The Morgan fingerprint density at radius 1 is 1.39 bits per heavy atom. The lowest BCUT2D eigenvalue weighted by atomic mass is 10.1. The first-order valence-corrected chi connectivity index (χ1v) is 6.71. The quantitative estimate of drug-likeness (QED) is 0.868. The topological polar surface area (TPSA) is 43.4 Å². The van der Waals surface area contributed by atoms with Crippen molar-refractivity contribution in [2.45, 2.75) is 39.3 Å². The lowest BCUT2D eigenvalue weighted by Gasteiger charge is -2.23. The van der Waals surface area contributed by atoms with Gasteiger partial charge in [0.1, 0.15) is 6.10 Å². The molecule has 2 rings (SSSR count). The molecule has 0 radical (unpaired) electrons. The van der Waals surface area contributed by atoms with E-state index in [-0.39, 0.29) is 6.10 Å². The second kappa shape index (κ2) is 6.71. The molecule has 0 atom stereocenters. The first-order chi connectivity index (χ1) is 8.79. The van der Waals surface area contributed by atoms with Gasteiger partial charge >= 0.3 is 0 Å². The first kappa shape index (κ1) is 13.3. The van der Waals surface area contributed by atoms with Crippen LogP contribution >= 0.6 is 0 Å². The summed E-state index contributed by atoms with van der Waals surface area (Å²) >= 11 is 0. The molecule has 0 unspecified atom stereocenters. The van der Waals surface area contributed by atoms with E-state index < -0.39 is 0 Å². The summed E-state index contributed by atoms with van der Waals surface area (Å²) in [5, 5.41) is 3.31. The Labute approximate surface area is 109 Å². The summed E-state index contributed by atoms with van der Waals surface area (Å²) in [6.07, 6.45) is 2.17. The minimum Gasteiger partial charge on any atom is -0.474 e. The van der Waals surface area contributed by atoms with Crippen LogP contribution in [0.25, 0.3) is 0 Å². The average Bonchev–Trinajstić information content (AvgIpc) is 2.39. The van der Waals surface area contributed by atoms with E-state index in [4.69, 9.17) is 9.47 Å². The maximum Gasteiger partial charge on any atom is 0.213 e. The van der Waals surface area contributed by atoms with Crippen LogP contribution < -0.4 is 10.1 Å². The molecule has 0 aliphatic carbocycles. The number of hydrogen-bond donors (Lipinski definition) is 1. The van der Waals surface area contributed by atoms with Crippen molar-refractivity contribution in [2.75, 3.05) is 19.8 Å². The van der Waals surface area contributed by atoms with Crippen LogP contribution in [-0.4, -0.2) is 30.8 Å². The molecule has 1 saturated heterocycles. The van der Waals surface area contributed by atoms with Gasteiger partial charge < -0.3 is 14.8 Å². The molecule has 0 saturated carbocycles. The Morgan fingerprint density at radius 2 is 2.17 bits per heavy atom. The molecule has 2 heterocycles. The molecule has 0 aromatic carbocycles. The van der Waals surface area contributed by atoms with Gasteiger partial charge in [0.15, 0.2) is 0 Å². The molecule has 0 amide bonds. The van der Waals surface area contributed by atoms with Gasteiger partial charge in [-0.3, -0.25) is 0 Å². The number of nitrogens with one attached hydrogen (secondary N) is 1. The SMILES string of the molecule is CCNCc1ccc(OC2CCOCC2)nc1C. The third-order valence-electron chi connectivity index (χ3n) is 3.19. The van der Waals surface area contributed by atoms with Crippen molar-refractivity contribution in [1.29, 1.82) is 0 Å². The Morgan fingerprint density at radius 3 is 2.83 bits per heavy atom. The van der Waals surface area contributed by atoms with E-state index in [0.717, 1.165) is 50.7 Å². The zero-order chi connectivity index (χ0) is 12.8. The minimum atomic E-state index is 0.255. The average molecular weight is 250 g/mol. The van der Waals surface area contributed by atoms with Gasteiger partial charge in [0.2, 0.25) is 5.88 Å². The molecule has 18 heavy (non-hydrogen) atoms. The largest absolute Gasteiger partial charge is 0.474 e. The summed E-state index contributed by atoms with van der Waals surface area (Å²) in [7, 11) is 0. The molecule has 1 aromatic rings. The highest BCUT2D eigenvalue weighted by molar-refractivity contribution is 5.25. The maximum atomic E-state index is 5.88. The molecule has 1 aromatic heterocycles. The molecule has 1 N–H and O–H groups in total. The highest BCUT2D eigenvalue weighted by atomic mass is 16.5. The van der Waals surface area contributed by atoms with Crippen molar-refractivity contribution in [1.82, 2.24) is 10.3 Å². The van der Waals surface area contributed by atoms with E-state index in [9.17, 15) is 0 Å². The van der Waals surface area contributed by atoms with Crippen molar-refractivity contribution in [3.63, 3.8) is 0 Å². The Kier molecular flexibility index (Phi) is 4.96. The van der Waals surface area contributed by atoms with Crippen molar-refractivity contribution in [3.8, 4) is 5.88 Å². The van der Waals surface area contributed by atoms with Gasteiger partial charge in [-0.2, -0.15) is 0 Å². The predicted octanol–water partition coefficient (Wildman–Crippen LogP) is 2.06. The third-order valence-corrected chi connectivity index (χ3v) is 3.19. The number of aryl methyl sites for hydroxylation is 1. The van der Waals surface area contributed by atoms with Crippen LogP contribution in [0.1, 0.15) is 31.0 Å². The molecule has 1 aliphatic heterocycles. The fraction of sp³-hybridized carbons (Fsp3) is 0.643. The summed E-state index contributed by atoms with van der Waals surface area (Å²) in [4.78, 5) is 4.52. The van der Waals surface area contributed by atoms with E-state index >= 15 is 0 Å². The Hall–Kier alpha value is -1.13. The van der Waals surface area contributed by atoms with Crippen molar-refractivity contribution in [2.24, 2.45) is 0 Å². The second-order valence-corrected chi connectivity index (χ2v) is 4.60. The first-order valence-electron chi connectivity index (χ1n) is 6.71. The molecule has 4 nitrogen and oxygen atoms in total. The summed E-state index contributed by atoms with van der Waals surface area (Å²) in [5.41, 5.74) is 2.27. The summed E-state index contributed by atoms with van der Waals surface area (Å²) in [5.74, 6) is 0.736. The number of ether oxygens (including phenoxy) is 2. The molecule has 1 aliphatic rings. The van der Waals surface area contributed by atoms with Gasteiger partial charge in [0, 0.05) is 31.1 Å². The highest BCUT2D eigenvalue weighted by Crippen LogP contribution is 2.17. The maximum absolute atomic E-state index is 5.88. The fourth-order valence-corrected chi connectivity index (χ4v) is 2.04. The van der Waals surface area contributed by atoms with E-state index in [1.807, 2.05) is 13.0 Å². The monoisotopic (exact) mass is 250 g/mol. The number of rotatable bonds is 5. The van der Waals surface area contributed by atoms with E-state index in [1.165, 1.54) is 5.56 Å². The van der Waals surface area contributed by atoms with Gasteiger partial charge in [0.25, 0.3) is 0 Å². The number of pyridine rings is 1. The van der Waals surface area contributed by atoms with Crippen LogP contribution in [0.4, 0.5) is 0 Å². The van der Waals surface area contributed by atoms with Gasteiger partial charge in [0.05, 0.1) is 13.2 Å². The number of aromatic nitrogens is 1. The van der Waals surface area contributed by atoms with Gasteiger partial charge in [-0.15, -0.1) is 0 Å². The van der Waals surface area contributed by atoms with E-state index in [1.54, 1.807) is 0 Å². The standard InChI is InChI=1S/C14H22N2O2/c1-3-15-10-12-4-5-14(16-11(12)2)18-13-6-8-17-9-7-13/h4-5,13,15H,3,6-10H2,1-2H3. The molecule has 0 bridgehead atoms. The molecule has 100 valence electrons. The molecule has 1 fully saturated rings. The fourth-order valence-electron chi connectivity index (χ4n) is 2.04. The van der Waals surface area contributed by atoms with Crippen LogP contribution in [-0.2, 0) is 11.3 Å². The summed E-state index contributed by atoms with van der Waals surface area (Å²) < 4.78 is 11.2. The van der Waals surface area contributed by atoms with Crippen molar-refractivity contribution < 1.29 is 9.47 Å². The zero-order valence-electron chi connectivity index (χ0n) is 11.2. The van der Waals surface area contributed by atoms with Gasteiger partial charge in [-0.05, 0) is 19.0 Å². The molecule has 4 heteroatoms. The van der Waals surface area contributed by atoms with Crippen molar-refractivity contribution in [3.05, 3.63) is 23.4 Å². The van der Waals surface area contributed by atoms with Gasteiger partial charge in [-0.25, -0.2) is 4.98 Å². The van der Waals surface area contributed by atoms with Crippen LogP contribution in [0.3, 0.4) is 0 Å². The zero-order valence-corrected chi connectivity index (χ0v) is 11.2. The van der Waals surface area contributed by atoms with E-state index in [2.05, 4.69) is 23.3 Å². The summed E-state index contributed by atoms with van der Waals surface area (Å²) in [6, 6.07) is 4.06. The second-order valence-electron chi connectivity index (χ2n) is 4.60. The van der Waals surface area contributed by atoms with Crippen LogP contribution in [0.5, 0.6) is 5.88 Å².